The standard InChI is InChI=1S/C12H8Cl2FN5/c13-8-2-1-6(3-9(8)15)5-20-11-7(4-17-20)10(14)18-12(16)19-11/h1-4H,5H2,(H2,16,18,19). The van der Waals surface area contributed by atoms with E-state index in [-0.39, 0.29) is 16.1 Å². The van der Waals surface area contributed by atoms with Crippen LogP contribution in [0.15, 0.2) is 24.4 Å². The zero-order chi connectivity index (χ0) is 14.3. The molecule has 0 aliphatic heterocycles. The molecule has 0 atom stereocenters. The van der Waals surface area contributed by atoms with Gasteiger partial charge >= 0.3 is 0 Å². The van der Waals surface area contributed by atoms with Crippen molar-refractivity contribution in [1.82, 2.24) is 19.7 Å². The van der Waals surface area contributed by atoms with Gasteiger partial charge in [0.15, 0.2) is 5.65 Å². The average Bonchev–Trinajstić information content (AvgIpc) is 2.77. The van der Waals surface area contributed by atoms with Crippen LogP contribution in [0.3, 0.4) is 0 Å². The molecule has 20 heavy (non-hydrogen) atoms. The Balaban J connectivity index is 2.04. The van der Waals surface area contributed by atoms with E-state index in [1.54, 1.807) is 16.9 Å². The summed E-state index contributed by atoms with van der Waals surface area (Å²) in [5.74, 6) is -0.417. The van der Waals surface area contributed by atoms with Gasteiger partial charge in [-0.05, 0) is 17.7 Å². The lowest BCUT2D eigenvalue weighted by Crippen LogP contribution is -2.04. The molecule has 1 aromatic carbocycles. The van der Waals surface area contributed by atoms with Crippen molar-refractivity contribution in [2.75, 3.05) is 5.73 Å². The van der Waals surface area contributed by atoms with Gasteiger partial charge in [0.25, 0.3) is 0 Å². The highest BCUT2D eigenvalue weighted by molar-refractivity contribution is 6.34. The molecule has 8 heteroatoms. The summed E-state index contributed by atoms with van der Waals surface area (Å²) in [6, 6.07) is 4.56. The predicted molar refractivity (Wildman–Crippen MR) is 75.3 cm³/mol. The minimum absolute atomic E-state index is 0.0616. The van der Waals surface area contributed by atoms with E-state index < -0.39 is 5.82 Å². The summed E-state index contributed by atoms with van der Waals surface area (Å²) in [5, 5.41) is 5.07. The number of nitrogen functional groups attached to an aromatic ring is 1. The first-order chi connectivity index (χ1) is 9.54. The fraction of sp³-hybridized carbons (Fsp3) is 0.0833. The van der Waals surface area contributed by atoms with E-state index >= 15 is 0 Å². The Bertz CT molecular complexity index is 802. The zero-order valence-corrected chi connectivity index (χ0v) is 11.5. The van der Waals surface area contributed by atoms with Gasteiger partial charge in [0.05, 0.1) is 23.2 Å². The molecule has 5 nitrogen and oxygen atoms in total. The number of nitrogens with zero attached hydrogens (tertiary/aromatic N) is 4. The van der Waals surface area contributed by atoms with Crippen LogP contribution in [0.4, 0.5) is 10.3 Å². The highest BCUT2D eigenvalue weighted by Gasteiger charge is 2.11. The lowest BCUT2D eigenvalue weighted by atomic mass is 10.2. The molecule has 2 aromatic heterocycles. The number of anilines is 1. The summed E-state index contributed by atoms with van der Waals surface area (Å²) in [6.45, 7) is 0.324. The summed E-state index contributed by atoms with van der Waals surface area (Å²) in [6.07, 6.45) is 1.55. The van der Waals surface area contributed by atoms with Crippen LogP contribution in [0.5, 0.6) is 0 Å². The van der Waals surface area contributed by atoms with Crippen LogP contribution >= 0.6 is 23.2 Å². The second-order valence-electron chi connectivity index (χ2n) is 4.16. The van der Waals surface area contributed by atoms with E-state index in [2.05, 4.69) is 15.1 Å². The molecular formula is C12H8Cl2FN5. The van der Waals surface area contributed by atoms with E-state index in [0.29, 0.717) is 23.1 Å². The summed E-state index contributed by atoms with van der Waals surface area (Å²) in [4.78, 5) is 7.94. The molecule has 0 bridgehead atoms. The first kappa shape index (κ1) is 13.1. The van der Waals surface area contributed by atoms with Crippen molar-refractivity contribution in [2.45, 2.75) is 6.54 Å². The lowest BCUT2D eigenvalue weighted by molar-refractivity contribution is 0.621. The summed E-state index contributed by atoms with van der Waals surface area (Å²) in [7, 11) is 0. The van der Waals surface area contributed by atoms with Crippen LogP contribution in [0.2, 0.25) is 10.2 Å². The van der Waals surface area contributed by atoms with Crippen molar-refractivity contribution in [1.29, 1.82) is 0 Å². The normalized spacial score (nSPS) is 11.2. The fourth-order valence-corrected chi connectivity index (χ4v) is 2.20. The molecule has 0 amide bonds. The van der Waals surface area contributed by atoms with Gasteiger partial charge in [-0.3, -0.25) is 0 Å². The van der Waals surface area contributed by atoms with Crippen molar-refractivity contribution in [3.63, 3.8) is 0 Å². The van der Waals surface area contributed by atoms with Crippen LogP contribution in [-0.2, 0) is 6.54 Å². The molecule has 0 aliphatic rings. The van der Waals surface area contributed by atoms with Gasteiger partial charge in [-0.15, -0.1) is 0 Å². The monoisotopic (exact) mass is 311 g/mol. The number of halogens is 3. The van der Waals surface area contributed by atoms with Crippen LogP contribution < -0.4 is 5.73 Å². The molecule has 3 rings (SSSR count). The van der Waals surface area contributed by atoms with Gasteiger partial charge in [0.1, 0.15) is 11.0 Å². The van der Waals surface area contributed by atoms with Gasteiger partial charge in [-0.2, -0.15) is 10.1 Å². The van der Waals surface area contributed by atoms with Gasteiger partial charge in [0, 0.05) is 0 Å². The number of aromatic nitrogens is 4. The second-order valence-corrected chi connectivity index (χ2v) is 4.93. The zero-order valence-electron chi connectivity index (χ0n) is 10.0. The van der Waals surface area contributed by atoms with Crippen molar-refractivity contribution < 1.29 is 4.39 Å². The highest BCUT2D eigenvalue weighted by Crippen LogP contribution is 2.22. The molecule has 0 fully saturated rings. The van der Waals surface area contributed by atoms with Gasteiger partial charge < -0.3 is 5.73 Å². The molecule has 0 spiro atoms. The number of benzene rings is 1. The molecule has 3 aromatic rings. The second kappa shape index (κ2) is 4.88. The quantitative estimate of drug-likeness (QED) is 0.739. The van der Waals surface area contributed by atoms with Crippen LogP contribution in [0, 0.1) is 5.82 Å². The molecule has 102 valence electrons. The summed E-state index contributed by atoms with van der Waals surface area (Å²) < 4.78 is 15.0. The van der Waals surface area contributed by atoms with Crippen molar-refractivity contribution in [3.8, 4) is 0 Å². The van der Waals surface area contributed by atoms with Gasteiger partial charge in [-0.25, -0.2) is 14.1 Å². The lowest BCUT2D eigenvalue weighted by Gasteiger charge is -2.05. The third-order valence-corrected chi connectivity index (χ3v) is 3.38. The topological polar surface area (TPSA) is 69.6 Å². The van der Waals surface area contributed by atoms with Crippen molar-refractivity contribution >= 4 is 40.2 Å². The van der Waals surface area contributed by atoms with Crippen LogP contribution in [0.1, 0.15) is 5.56 Å². The molecule has 2 N–H and O–H groups in total. The number of nitrogens with two attached hydrogens (primary N) is 1. The number of rotatable bonds is 2. The number of fused-ring (bicyclic) bond motifs is 1. The Morgan fingerprint density at radius 2 is 2.05 bits per heavy atom. The maximum Gasteiger partial charge on any atom is 0.223 e. The maximum atomic E-state index is 13.4. The molecule has 0 radical (unpaired) electrons. The molecule has 0 unspecified atom stereocenters. The Kier molecular flexibility index (Phi) is 3.19. The molecule has 0 saturated heterocycles. The van der Waals surface area contributed by atoms with Gasteiger partial charge in [0.2, 0.25) is 5.95 Å². The van der Waals surface area contributed by atoms with Crippen molar-refractivity contribution in [3.05, 3.63) is 46.0 Å². The number of hydrogen-bond donors (Lipinski definition) is 1. The third-order valence-electron chi connectivity index (χ3n) is 2.78. The Hall–Kier alpha value is -1.92. The van der Waals surface area contributed by atoms with Crippen LogP contribution in [0.25, 0.3) is 11.0 Å². The fourth-order valence-electron chi connectivity index (χ4n) is 1.86. The first-order valence-corrected chi connectivity index (χ1v) is 6.38. The average molecular weight is 312 g/mol. The predicted octanol–water partition coefficient (Wildman–Crippen LogP) is 2.90. The largest absolute Gasteiger partial charge is 0.368 e. The Morgan fingerprint density at radius 1 is 1.25 bits per heavy atom. The van der Waals surface area contributed by atoms with Crippen LogP contribution in [-0.4, -0.2) is 19.7 Å². The van der Waals surface area contributed by atoms with E-state index in [0.717, 1.165) is 0 Å². The Labute approximate surface area is 123 Å². The third kappa shape index (κ3) is 2.28. The maximum absolute atomic E-state index is 13.4. The van der Waals surface area contributed by atoms with Gasteiger partial charge in [-0.1, -0.05) is 29.3 Å². The van der Waals surface area contributed by atoms with E-state index in [1.165, 1.54) is 12.1 Å². The Morgan fingerprint density at radius 3 is 2.80 bits per heavy atom. The molecule has 2 heterocycles. The minimum Gasteiger partial charge on any atom is -0.368 e. The molecular weight excluding hydrogens is 304 g/mol. The molecule has 0 aliphatic carbocycles. The van der Waals surface area contributed by atoms with Crippen molar-refractivity contribution in [2.24, 2.45) is 0 Å². The van der Waals surface area contributed by atoms with E-state index in [1.807, 2.05) is 0 Å². The number of hydrogen-bond acceptors (Lipinski definition) is 4. The van der Waals surface area contributed by atoms with E-state index in [4.69, 9.17) is 28.9 Å². The summed E-state index contributed by atoms with van der Waals surface area (Å²) in [5.41, 5.74) is 6.76. The summed E-state index contributed by atoms with van der Waals surface area (Å²) >= 11 is 11.6. The van der Waals surface area contributed by atoms with E-state index in [9.17, 15) is 4.39 Å². The smallest absolute Gasteiger partial charge is 0.223 e. The first-order valence-electron chi connectivity index (χ1n) is 5.63. The molecule has 0 saturated carbocycles. The SMILES string of the molecule is Nc1nc(Cl)c2cnn(Cc3ccc(Cl)c(F)c3)c2n1. The minimum atomic E-state index is -0.479. The highest BCUT2D eigenvalue weighted by atomic mass is 35.5.